The van der Waals surface area contributed by atoms with Gasteiger partial charge in [0.15, 0.2) is 11.5 Å². The van der Waals surface area contributed by atoms with E-state index in [1.807, 2.05) is 13.0 Å². The number of amides is 1. The Morgan fingerprint density at radius 1 is 0.871 bits per heavy atom. The number of benzene rings is 3. The van der Waals surface area contributed by atoms with Gasteiger partial charge in [0, 0.05) is 27.9 Å². The Bertz CT molecular complexity index is 1080. The third-order valence-corrected chi connectivity index (χ3v) is 5.13. The maximum Gasteiger partial charge on any atom is 0.255 e. The normalized spacial score (nSPS) is 10.4. The first-order valence-electron chi connectivity index (χ1n) is 9.54. The third-order valence-electron chi connectivity index (χ3n) is 4.71. The predicted molar refractivity (Wildman–Crippen MR) is 121 cm³/mol. The van der Waals surface area contributed by atoms with Crippen LogP contribution in [0, 0.1) is 6.92 Å². The van der Waals surface area contributed by atoms with E-state index in [4.69, 9.17) is 30.5 Å². The second-order valence-corrected chi connectivity index (χ2v) is 7.16. The largest absolute Gasteiger partial charge is 0.496 e. The molecule has 0 atom stereocenters. The molecular formula is C24H24ClNO5. The van der Waals surface area contributed by atoms with Gasteiger partial charge >= 0.3 is 0 Å². The molecule has 31 heavy (non-hydrogen) atoms. The molecule has 0 heterocycles. The van der Waals surface area contributed by atoms with Crippen LogP contribution in [0.1, 0.15) is 21.5 Å². The Morgan fingerprint density at radius 2 is 1.58 bits per heavy atom. The number of hydrogen-bond acceptors (Lipinski definition) is 5. The number of aryl methyl sites for hydroxylation is 1. The summed E-state index contributed by atoms with van der Waals surface area (Å²) in [5.74, 6) is 2.17. The third kappa shape index (κ3) is 5.41. The van der Waals surface area contributed by atoms with Crippen molar-refractivity contribution in [3.8, 4) is 23.0 Å². The Morgan fingerprint density at radius 3 is 2.26 bits per heavy atom. The van der Waals surface area contributed by atoms with Crippen molar-refractivity contribution < 1.29 is 23.7 Å². The molecular weight excluding hydrogens is 418 g/mol. The van der Waals surface area contributed by atoms with E-state index >= 15 is 0 Å². The van der Waals surface area contributed by atoms with E-state index in [1.165, 1.54) is 0 Å². The molecule has 3 aromatic carbocycles. The zero-order valence-corrected chi connectivity index (χ0v) is 18.6. The highest BCUT2D eigenvalue weighted by Crippen LogP contribution is 2.30. The van der Waals surface area contributed by atoms with E-state index in [1.54, 1.807) is 69.9 Å². The van der Waals surface area contributed by atoms with Crippen molar-refractivity contribution in [1.29, 1.82) is 0 Å². The van der Waals surface area contributed by atoms with Crippen LogP contribution in [0.15, 0.2) is 54.6 Å². The van der Waals surface area contributed by atoms with Crippen LogP contribution in [0.5, 0.6) is 23.0 Å². The summed E-state index contributed by atoms with van der Waals surface area (Å²) in [6, 6.07) is 15.8. The van der Waals surface area contributed by atoms with Gasteiger partial charge in [0.1, 0.15) is 18.1 Å². The van der Waals surface area contributed by atoms with Gasteiger partial charge in [-0.1, -0.05) is 11.6 Å². The number of hydrogen-bond donors (Lipinski definition) is 1. The van der Waals surface area contributed by atoms with Crippen molar-refractivity contribution in [1.82, 2.24) is 0 Å². The maximum absolute atomic E-state index is 12.8. The molecule has 3 aromatic rings. The number of ether oxygens (including phenoxy) is 4. The van der Waals surface area contributed by atoms with Crippen molar-refractivity contribution >= 4 is 23.2 Å². The van der Waals surface area contributed by atoms with Gasteiger partial charge in [-0.2, -0.15) is 0 Å². The molecule has 1 amide bonds. The van der Waals surface area contributed by atoms with E-state index in [9.17, 15) is 4.79 Å². The van der Waals surface area contributed by atoms with Crippen molar-refractivity contribution in [3.05, 3.63) is 76.3 Å². The highest BCUT2D eigenvalue weighted by atomic mass is 35.5. The lowest BCUT2D eigenvalue weighted by Crippen LogP contribution is -2.13. The summed E-state index contributed by atoms with van der Waals surface area (Å²) in [6.07, 6.45) is 0. The molecule has 0 bridgehead atoms. The fourth-order valence-corrected chi connectivity index (χ4v) is 3.14. The first-order chi connectivity index (χ1) is 14.9. The average Bonchev–Trinajstić information content (AvgIpc) is 2.79. The van der Waals surface area contributed by atoms with Crippen molar-refractivity contribution in [2.45, 2.75) is 13.5 Å². The van der Waals surface area contributed by atoms with Gasteiger partial charge < -0.3 is 24.3 Å². The molecule has 0 saturated heterocycles. The monoisotopic (exact) mass is 441 g/mol. The molecule has 0 spiro atoms. The summed E-state index contributed by atoms with van der Waals surface area (Å²) in [5, 5.41) is 3.55. The molecule has 0 saturated carbocycles. The molecule has 0 fully saturated rings. The van der Waals surface area contributed by atoms with Crippen molar-refractivity contribution in [2.75, 3.05) is 26.6 Å². The molecule has 0 aliphatic rings. The van der Waals surface area contributed by atoms with Crippen LogP contribution in [0.3, 0.4) is 0 Å². The lowest BCUT2D eigenvalue weighted by atomic mass is 10.1. The molecule has 0 aliphatic carbocycles. The Balaban J connectivity index is 1.77. The number of nitrogens with one attached hydrogen (secondary N) is 1. The fraction of sp³-hybridized carbons (Fsp3) is 0.208. The number of anilines is 1. The Kier molecular flexibility index (Phi) is 7.26. The maximum atomic E-state index is 12.8. The van der Waals surface area contributed by atoms with Crippen LogP contribution in [0.2, 0.25) is 5.02 Å². The quantitative estimate of drug-likeness (QED) is 0.499. The summed E-state index contributed by atoms with van der Waals surface area (Å²) in [7, 11) is 4.68. The summed E-state index contributed by atoms with van der Waals surface area (Å²) in [5.41, 5.74) is 2.73. The molecule has 0 aromatic heterocycles. The van der Waals surface area contributed by atoms with E-state index in [0.29, 0.717) is 39.3 Å². The van der Waals surface area contributed by atoms with Gasteiger partial charge in [-0.05, 0) is 61.0 Å². The number of carbonyl (C=O) groups is 1. The lowest BCUT2D eigenvalue weighted by Gasteiger charge is -2.14. The van der Waals surface area contributed by atoms with Crippen molar-refractivity contribution in [2.24, 2.45) is 0 Å². The number of methoxy groups -OCH3 is 3. The fourth-order valence-electron chi connectivity index (χ4n) is 3.02. The van der Waals surface area contributed by atoms with Gasteiger partial charge in [0.05, 0.1) is 21.3 Å². The highest BCUT2D eigenvalue weighted by molar-refractivity contribution is 6.31. The average molecular weight is 442 g/mol. The van der Waals surface area contributed by atoms with Gasteiger partial charge in [0.2, 0.25) is 0 Å². The number of carbonyl (C=O) groups excluding carboxylic acids is 1. The zero-order chi connectivity index (χ0) is 22.4. The molecule has 6 nitrogen and oxygen atoms in total. The number of halogens is 1. The van der Waals surface area contributed by atoms with Crippen LogP contribution in [0.25, 0.3) is 0 Å². The van der Waals surface area contributed by atoms with Crippen LogP contribution in [0.4, 0.5) is 5.69 Å². The van der Waals surface area contributed by atoms with E-state index < -0.39 is 0 Å². The van der Waals surface area contributed by atoms with Gasteiger partial charge in [-0.15, -0.1) is 0 Å². The van der Waals surface area contributed by atoms with Gasteiger partial charge in [-0.3, -0.25) is 4.79 Å². The second kappa shape index (κ2) is 10.1. The standard InChI is InChI=1S/C24H24ClNO5/c1-15-11-19(7-8-20(15)25)31-14-17-12-16(5-9-21(17)28-2)24(27)26-18-6-10-22(29-3)23(13-18)30-4/h5-13H,14H2,1-4H3,(H,26,27). The zero-order valence-electron chi connectivity index (χ0n) is 17.8. The van der Waals surface area contributed by atoms with E-state index in [-0.39, 0.29) is 12.5 Å². The summed E-state index contributed by atoms with van der Waals surface area (Å²) in [4.78, 5) is 12.8. The number of rotatable bonds is 8. The van der Waals surface area contributed by atoms with Gasteiger partial charge in [-0.25, -0.2) is 0 Å². The topological polar surface area (TPSA) is 66.0 Å². The Hall–Kier alpha value is -3.38. The predicted octanol–water partition coefficient (Wildman–Crippen LogP) is 5.51. The molecule has 0 aliphatic heterocycles. The van der Waals surface area contributed by atoms with E-state index in [0.717, 1.165) is 11.1 Å². The van der Waals surface area contributed by atoms with Crippen LogP contribution < -0.4 is 24.3 Å². The van der Waals surface area contributed by atoms with Gasteiger partial charge in [0.25, 0.3) is 5.91 Å². The molecule has 1 N–H and O–H groups in total. The first kappa shape index (κ1) is 22.3. The van der Waals surface area contributed by atoms with Crippen LogP contribution >= 0.6 is 11.6 Å². The minimum Gasteiger partial charge on any atom is -0.496 e. The molecule has 3 rings (SSSR count). The lowest BCUT2D eigenvalue weighted by molar-refractivity contribution is 0.102. The van der Waals surface area contributed by atoms with Crippen LogP contribution in [-0.4, -0.2) is 27.2 Å². The molecule has 7 heteroatoms. The molecule has 0 radical (unpaired) electrons. The minimum absolute atomic E-state index is 0.238. The minimum atomic E-state index is -0.265. The van der Waals surface area contributed by atoms with Crippen molar-refractivity contribution in [3.63, 3.8) is 0 Å². The summed E-state index contributed by atoms with van der Waals surface area (Å²) in [6.45, 7) is 2.15. The Labute approximate surface area is 186 Å². The summed E-state index contributed by atoms with van der Waals surface area (Å²) >= 11 is 6.07. The van der Waals surface area contributed by atoms with E-state index in [2.05, 4.69) is 5.32 Å². The van der Waals surface area contributed by atoms with Crippen LogP contribution in [-0.2, 0) is 6.61 Å². The SMILES string of the molecule is COc1ccc(C(=O)Nc2ccc(OC)c(OC)c2)cc1COc1ccc(Cl)c(C)c1. The second-order valence-electron chi connectivity index (χ2n) is 6.75. The first-order valence-corrected chi connectivity index (χ1v) is 9.92. The molecule has 0 unspecified atom stereocenters. The summed E-state index contributed by atoms with van der Waals surface area (Å²) < 4.78 is 21.8. The highest BCUT2D eigenvalue weighted by Gasteiger charge is 2.13. The smallest absolute Gasteiger partial charge is 0.255 e. The molecule has 162 valence electrons.